The first kappa shape index (κ1) is 20.7. The van der Waals surface area contributed by atoms with Crippen molar-refractivity contribution in [1.82, 2.24) is 0 Å². The second-order valence-corrected chi connectivity index (χ2v) is 6.38. The Labute approximate surface area is 148 Å². The minimum atomic E-state index is -1.12. The van der Waals surface area contributed by atoms with E-state index in [9.17, 15) is 14.4 Å². The van der Waals surface area contributed by atoms with Crippen molar-refractivity contribution in [3.05, 3.63) is 35.9 Å². The van der Waals surface area contributed by atoms with Gasteiger partial charge in [0.1, 0.15) is 0 Å². The molecule has 3 N–H and O–H groups in total. The molecule has 6 heteroatoms. The van der Waals surface area contributed by atoms with E-state index in [-0.39, 0.29) is 25.9 Å². The zero-order valence-corrected chi connectivity index (χ0v) is 14.6. The van der Waals surface area contributed by atoms with E-state index in [2.05, 4.69) is 19.1 Å². The van der Waals surface area contributed by atoms with E-state index in [1.54, 1.807) is 0 Å². The Kier molecular flexibility index (Phi) is 9.29. The lowest BCUT2D eigenvalue weighted by molar-refractivity contribution is -0.152. The molecule has 0 aromatic heterocycles. The number of hydrogen-bond donors (Lipinski definition) is 2. The number of hydrogen-bond acceptors (Lipinski definition) is 4. The number of aliphatic carboxylic acids is 1. The van der Waals surface area contributed by atoms with Crippen LogP contribution in [0.4, 0.5) is 0 Å². The van der Waals surface area contributed by atoms with Crippen molar-refractivity contribution in [3.8, 4) is 0 Å². The maximum atomic E-state index is 11.8. The third kappa shape index (κ3) is 9.49. The molecule has 0 heterocycles. The molecule has 138 valence electrons. The highest BCUT2D eigenvalue weighted by Crippen LogP contribution is 2.15. The van der Waals surface area contributed by atoms with Crippen LogP contribution in [-0.2, 0) is 25.5 Å². The standard InChI is InChI=1S/C19H27NO5/c1-14(7-8-15-5-3-2-4-6-15)11-12-25-18(22)13-16(19(23)24)9-10-17(20)21/h2-6,14,16H,7-13H2,1H3,(H2,20,21)(H,23,24). The van der Waals surface area contributed by atoms with E-state index in [4.69, 9.17) is 15.6 Å². The molecule has 0 aliphatic carbocycles. The molecule has 0 spiro atoms. The quantitative estimate of drug-likeness (QED) is 0.564. The van der Waals surface area contributed by atoms with E-state index in [0.29, 0.717) is 5.92 Å². The van der Waals surface area contributed by atoms with Crippen molar-refractivity contribution in [2.24, 2.45) is 17.6 Å². The summed E-state index contributed by atoms with van der Waals surface area (Å²) in [5.74, 6) is -2.78. The number of primary amides is 1. The summed E-state index contributed by atoms with van der Waals surface area (Å²) in [5, 5.41) is 9.07. The predicted molar refractivity (Wildman–Crippen MR) is 93.7 cm³/mol. The van der Waals surface area contributed by atoms with Crippen LogP contribution < -0.4 is 5.73 Å². The van der Waals surface area contributed by atoms with Crippen LogP contribution in [-0.4, -0.2) is 29.6 Å². The smallest absolute Gasteiger partial charge is 0.307 e. The SMILES string of the molecule is CC(CCOC(=O)CC(CCC(N)=O)C(=O)O)CCc1ccccc1. The fourth-order valence-electron chi connectivity index (χ4n) is 2.47. The molecule has 25 heavy (non-hydrogen) atoms. The number of nitrogens with two attached hydrogens (primary N) is 1. The van der Waals surface area contributed by atoms with E-state index in [1.165, 1.54) is 5.56 Å². The van der Waals surface area contributed by atoms with Crippen molar-refractivity contribution in [2.75, 3.05) is 6.61 Å². The van der Waals surface area contributed by atoms with Crippen molar-refractivity contribution in [2.45, 2.75) is 45.4 Å². The van der Waals surface area contributed by atoms with Crippen LogP contribution in [0.5, 0.6) is 0 Å². The normalized spacial score (nSPS) is 13.0. The molecular weight excluding hydrogens is 322 g/mol. The van der Waals surface area contributed by atoms with Gasteiger partial charge in [-0.1, -0.05) is 37.3 Å². The molecule has 2 atom stereocenters. The van der Waals surface area contributed by atoms with Crippen LogP contribution in [0.1, 0.15) is 44.6 Å². The fraction of sp³-hybridized carbons (Fsp3) is 0.526. The third-order valence-corrected chi connectivity index (χ3v) is 4.14. The number of carbonyl (C=O) groups is 3. The zero-order valence-electron chi connectivity index (χ0n) is 14.6. The molecule has 0 bridgehead atoms. The van der Waals surface area contributed by atoms with Gasteiger partial charge in [-0.3, -0.25) is 14.4 Å². The van der Waals surface area contributed by atoms with Crippen LogP contribution in [0.2, 0.25) is 0 Å². The number of benzene rings is 1. The van der Waals surface area contributed by atoms with Gasteiger partial charge in [-0.05, 0) is 37.2 Å². The second kappa shape index (κ2) is 11.2. The largest absolute Gasteiger partial charge is 0.481 e. The molecule has 1 aromatic rings. The van der Waals surface area contributed by atoms with Gasteiger partial charge < -0.3 is 15.6 Å². The number of ether oxygens (including phenoxy) is 1. The van der Waals surface area contributed by atoms with E-state index in [1.807, 2.05) is 18.2 Å². The molecule has 0 aliphatic heterocycles. The number of amides is 1. The Bertz CT molecular complexity index is 558. The van der Waals surface area contributed by atoms with Crippen LogP contribution in [0.25, 0.3) is 0 Å². The van der Waals surface area contributed by atoms with E-state index < -0.39 is 23.8 Å². The average Bonchev–Trinajstić information content (AvgIpc) is 2.57. The predicted octanol–water partition coefficient (Wildman–Crippen LogP) is 2.54. The van der Waals surface area contributed by atoms with E-state index >= 15 is 0 Å². The first-order valence-corrected chi connectivity index (χ1v) is 8.59. The zero-order chi connectivity index (χ0) is 18.7. The molecular formula is C19H27NO5. The van der Waals surface area contributed by atoms with Gasteiger partial charge >= 0.3 is 11.9 Å². The first-order chi connectivity index (χ1) is 11.9. The maximum Gasteiger partial charge on any atom is 0.307 e. The number of rotatable bonds is 12. The van der Waals surface area contributed by atoms with Crippen LogP contribution in [0.3, 0.4) is 0 Å². The summed E-state index contributed by atoms with van der Waals surface area (Å²) >= 11 is 0. The van der Waals surface area contributed by atoms with Crippen molar-refractivity contribution in [1.29, 1.82) is 0 Å². The monoisotopic (exact) mass is 349 g/mol. The first-order valence-electron chi connectivity index (χ1n) is 8.59. The number of carboxylic acids is 1. The summed E-state index contributed by atoms with van der Waals surface area (Å²) in [6, 6.07) is 10.2. The van der Waals surface area contributed by atoms with E-state index in [0.717, 1.165) is 19.3 Å². The number of carboxylic acid groups (broad SMARTS) is 1. The summed E-state index contributed by atoms with van der Waals surface area (Å²) in [7, 11) is 0. The highest BCUT2D eigenvalue weighted by atomic mass is 16.5. The summed E-state index contributed by atoms with van der Waals surface area (Å²) in [6.45, 7) is 2.38. The van der Waals surface area contributed by atoms with Crippen molar-refractivity contribution < 1.29 is 24.2 Å². The summed E-state index contributed by atoms with van der Waals surface area (Å²) in [4.78, 5) is 33.6. The van der Waals surface area contributed by atoms with Crippen molar-refractivity contribution in [3.63, 3.8) is 0 Å². The van der Waals surface area contributed by atoms with Gasteiger partial charge in [0.15, 0.2) is 0 Å². The van der Waals surface area contributed by atoms with Gasteiger partial charge in [0.05, 0.1) is 18.9 Å². The molecule has 1 aromatic carbocycles. The Morgan fingerprint density at radius 1 is 1.12 bits per heavy atom. The molecule has 0 fully saturated rings. The minimum Gasteiger partial charge on any atom is -0.481 e. The molecule has 1 rings (SSSR count). The molecule has 0 radical (unpaired) electrons. The lowest BCUT2D eigenvalue weighted by Crippen LogP contribution is -2.22. The topological polar surface area (TPSA) is 107 Å². The van der Waals surface area contributed by atoms with Gasteiger partial charge in [0.25, 0.3) is 0 Å². The molecule has 0 aliphatic rings. The molecule has 2 unspecified atom stereocenters. The maximum absolute atomic E-state index is 11.8. The lowest BCUT2D eigenvalue weighted by atomic mass is 9.98. The number of aryl methyl sites for hydroxylation is 1. The lowest BCUT2D eigenvalue weighted by Gasteiger charge is -2.13. The molecule has 0 saturated carbocycles. The highest BCUT2D eigenvalue weighted by Gasteiger charge is 2.22. The van der Waals surface area contributed by atoms with Gasteiger partial charge in [0.2, 0.25) is 5.91 Å². The molecule has 0 saturated heterocycles. The van der Waals surface area contributed by atoms with Gasteiger partial charge in [0, 0.05) is 6.42 Å². The van der Waals surface area contributed by atoms with Gasteiger partial charge in [-0.15, -0.1) is 0 Å². The third-order valence-electron chi connectivity index (χ3n) is 4.14. The van der Waals surface area contributed by atoms with Gasteiger partial charge in [-0.25, -0.2) is 0 Å². The van der Waals surface area contributed by atoms with Crippen LogP contribution in [0, 0.1) is 11.8 Å². The fourth-order valence-corrected chi connectivity index (χ4v) is 2.47. The van der Waals surface area contributed by atoms with Crippen molar-refractivity contribution >= 4 is 17.8 Å². The number of esters is 1. The van der Waals surface area contributed by atoms with Gasteiger partial charge in [-0.2, -0.15) is 0 Å². The highest BCUT2D eigenvalue weighted by molar-refractivity contribution is 5.80. The summed E-state index contributed by atoms with van der Waals surface area (Å²) in [5.41, 5.74) is 6.29. The second-order valence-electron chi connectivity index (χ2n) is 6.38. The summed E-state index contributed by atoms with van der Waals surface area (Å²) in [6.07, 6.45) is 2.47. The Morgan fingerprint density at radius 2 is 1.80 bits per heavy atom. The minimum absolute atomic E-state index is 0.0489. The van der Waals surface area contributed by atoms with Crippen LogP contribution in [0.15, 0.2) is 30.3 Å². The summed E-state index contributed by atoms with van der Waals surface area (Å²) < 4.78 is 5.13. The number of carbonyl (C=O) groups excluding carboxylic acids is 2. The Morgan fingerprint density at radius 3 is 2.40 bits per heavy atom. The van der Waals surface area contributed by atoms with Crippen LogP contribution >= 0.6 is 0 Å². The molecule has 1 amide bonds. The Balaban J connectivity index is 2.23. The average molecular weight is 349 g/mol. The molecule has 6 nitrogen and oxygen atoms in total. The Hall–Kier alpha value is -2.37.